The minimum atomic E-state index is -0.619. The van der Waals surface area contributed by atoms with E-state index in [1.165, 1.54) is 14.2 Å². The van der Waals surface area contributed by atoms with Gasteiger partial charge in [0.25, 0.3) is 0 Å². The van der Waals surface area contributed by atoms with Gasteiger partial charge in [-0.3, -0.25) is 0 Å². The summed E-state index contributed by atoms with van der Waals surface area (Å²) in [7, 11) is 5.73. The van der Waals surface area contributed by atoms with Gasteiger partial charge in [-0.05, 0) is 58.7 Å². The average molecular weight is 406 g/mol. The SMILES string of the molecule is COC(=O)c1cc(-c2ccc(OC)cc2)c(-c2ccc(OC)cc2)cc1C(=O)OC. The molecule has 3 aromatic carbocycles. The van der Waals surface area contributed by atoms with Crippen LogP contribution in [0.25, 0.3) is 22.3 Å². The molecule has 30 heavy (non-hydrogen) atoms. The molecule has 0 spiro atoms. The first-order chi connectivity index (χ1) is 14.5. The lowest BCUT2D eigenvalue weighted by Crippen LogP contribution is -2.12. The van der Waals surface area contributed by atoms with Gasteiger partial charge in [0.15, 0.2) is 0 Å². The predicted molar refractivity (Wildman–Crippen MR) is 113 cm³/mol. The lowest BCUT2D eigenvalue weighted by Gasteiger charge is -2.16. The normalized spacial score (nSPS) is 10.3. The van der Waals surface area contributed by atoms with E-state index in [2.05, 4.69) is 0 Å². The quantitative estimate of drug-likeness (QED) is 0.557. The molecule has 0 aliphatic carbocycles. The number of hydrogen-bond acceptors (Lipinski definition) is 6. The van der Waals surface area contributed by atoms with Crippen LogP contribution in [0.4, 0.5) is 0 Å². The molecule has 6 heteroatoms. The van der Waals surface area contributed by atoms with Crippen LogP contribution in [0.15, 0.2) is 60.7 Å². The largest absolute Gasteiger partial charge is 0.497 e. The second kappa shape index (κ2) is 9.13. The first-order valence-corrected chi connectivity index (χ1v) is 9.16. The third-order valence-electron chi connectivity index (χ3n) is 4.77. The van der Waals surface area contributed by atoms with Gasteiger partial charge in [0.1, 0.15) is 11.5 Å². The van der Waals surface area contributed by atoms with E-state index in [4.69, 9.17) is 18.9 Å². The van der Waals surface area contributed by atoms with Gasteiger partial charge in [0, 0.05) is 0 Å². The van der Waals surface area contributed by atoms with Crippen LogP contribution < -0.4 is 9.47 Å². The summed E-state index contributed by atoms with van der Waals surface area (Å²) in [6, 6.07) is 18.2. The van der Waals surface area contributed by atoms with Crippen molar-refractivity contribution in [3.8, 4) is 33.8 Å². The Kier molecular flexibility index (Phi) is 6.37. The molecule has 0 atom stereocenters. The summed E-state index contributed by atoms with van der Waals surface area (Å²) in [4.78, 5) is 24.8. The van der Waals surface area contributed by atoms with Gasteiger partial charge in [-0.1, -0.05) is 24.3 Å². The van der Waals surface area contributed by atoms with E-state index >= 15 is 0 Å². The second-order valence-electron chi connectivity index (χ2n) is 6.38. The molecule has 0 aliphatic rings. The molecule has 0 N–H and O–H groups in total. The molecule has 0 aromatic heterocycles. The van der Waals surface area contributed by atoms with Gasteiger partial charge in [-0.2, -0.15) is 0 Å². The molecule has 6 nitrogen and oxygen atoms in total. The summed E-state index contributed by atoms with van der Waals surface area (Å²) >= 11 is 0. The van der Waals surface area contributed by atoms with Crippen LogP contribution in [0.3, 0.4) is 0 Å². The van der Waals surface area contributed by atoms with Crippen LogP contribution in [0.1, 0.15) is 20.7 Å². The molecule has 0 bridgehead atoms. The van der Waals surface area contributed by atoms with Crippen molar-refractivity contribution in [2.45, 2.75) is 0 Å². The van der Waals surface area contributed by atoms with E-state index in [0.717, 1.165) is 22.3 Å². The van der Waals surface area contributed by atoms with E-state index in [1.807, 2.05) is 48.5 Å². The van der Waals surface area contributed by atoms with E-state index < -0.39 is 11.9 Å². The summed E-state index contributed by atoms with van der Waals surface area (Å²) in [5.41, 5.74) is 3.48. The van der Waals surface area contributed by atoms with Crippen LogP contribution in [0.5, 0.6) is 11.5 Å². The lowest BCUT2D eigenvalue weighted by molar-refractivity contribution is 0.0555. The highest BCUT2D eigenvalue weighted by Gasteiger charge is 2.23. The van der Waals surface area contributed by atoms with Crippen LogP contribution in [0, 0.1) is 0 Å². The Morgan fingerprint density at radius 2 is 0.900 bits per heavy atom. The van der Waals surface area contributed by atoms with Crippen LogP contribution in [0.2, 0.25) is 0 Å². The third kappa shape index (κ3) is 4.12. The van der Waals surface area contributed by atoms with Gasteiger partial charge in [-0.25, -0.2) is 9.59 Å². The number of hydrogen-bond donors (Lipinski definition) is 0. The third-order valence-corrected chi connectivity index (χ3v) is 4.77. The fourth-order valence-electron chi connectivity index (χ4n) is 3.18. The number of methoxy groups -OCH3 is 4. The summed E-state index contributed by atoms with van der Waals surface area (Å²) in [5, 5.41) is 0. The Morgan fingerprint density at radius 3 is 1.17 bits per heavy atom. The molecule has 0 aliphatic heterocycles. The van der Waals surface area contributed by atoms with E-state index in [-0.39, 0.29) is 11.1 Å². The highest BCUT2D eigenvalue weighted by atomic mass is 16.5. The highest BCUT2D eigenvalue weighted by molar-refractivity contribution is 6.06. The maximum Gasteiger partial charge on any atom is 0.338 e. The van der Waals surface area contributed by atoms with E-state index in [1.54, 1.807) is 26.4 Å². The van der Waals surface area contributed by atoms with Gasteiger partial charge < -0.3 is 18.9 Å². The summed E-state index contributed by atoms with van der Waals surface area (Å²) in [5.74, 6) is 0.186. The molecule has 0 amide bonds. The zero-order valence-electron chi connectivity index (χ0n) is 17.2. The number of ether oxygens (including phenoxy) is 4. The molecular weight excluding hydrogens is 384 g/mol. The maximum atomic E-state index is 12.4. The minimum absolute atomic E-state index is 0.132. The van der Waals surface area contributed by atoms with Crippen LogP contribution in [-0.4, -0.2) is 40.4 Å². The molecule has 0 heterocycles. The topological polar surface area (TPSA) is 71.1 Å². The Morgan fingerprint density at radius 1 is 0.567 bits per heavy atom. The standard InChI is InChI=1S/C24H22O6/c1-27-17-9-5-15(6-10-17)19-13-21(23(25)29-3)22(24(26)30-4)14-20(19)16-7-11-18(28-2)12-8-16/h5-14H,1-4H3. The Bertz CT molecular complexity index is 966. The molecule has 3 aromatic rings. The Balaban J connectivity index is 2.29. The van der Waals surface area contributed by atoms with Gasteiger partial charge in [0.2, 0.25) is 0 Å². The number of benzene rings is 3. The zero-order chi connectivity index (χ0) is 21.7. The van der Waals surface area contributed by atoms with Crippen molar-refractivity contribution in [1.29, 1.82) is 0 Å². The predicted octanol–water partition coefficient (Wildman–Crippen LogP) is 4.61. The van der Waals surface area contributed by atoms with E-state index in [9.17, 15) is 9.59 Å². The van der Waals surface area contributed by atoms with Crippen molar-refractivity contribution < 1.29 is 28.5 Å². The van der Waals surface area contributed by atoms with Crippen LogP contribution in [-0.2, 0) is 9.47 Å². The van der Waals surface area contributed by atoms with Crippen molar-refractivity contribution in [3.05, 3.63) is 71.8 Å². The molecule has 0 radical (unpaired) electrons. The Labute approximate surface area is 175 Å². The zero-order valence-corrected chi connectivity index (χ0v) is 17.2. The maximum absolute atomic E-state index is 12.4. The monoisotopic (exact) mass is 406 g/mol. The van der Waals surface area contributed by atoms with Crippen molar-refractivity contribution in [1.82, 2.24) is 0 Å². The highest BCUT2D eigenvalue weighted by Crippen LogP contribution is 2.36. The molecule has 3 rings (SSSR count). The van der Waals surface area contributed by atoms with Crippen molar-refractivity contribution >= 4 is 11.9 Å². The minimum Gasteiger partial charge on any atom is -0.497 e. The van der Waals surface area contributed by atoms with Crippen molar-refractivity contribution in [3.63, 3.8) is 0 Å². The van der Waals surface area contributed by atoms with Gasteiger partial charge >= 0.3 is 11.9 Å². The number of rotatable bonds is 6. The fourth-order valence-corrected chi connectivity index (χ4v) is 3.18. The first-order valence-electron chi connectivity index (χ1n) is 9.16. The van der Waals surface area contributed by atoms with E-state index in [0.29, 0.717) is 11.5 Å². The molecule has 154 valence electrons. The molecule has 0 saturated heterocycles. The van der Waals surface area contributed by atoms with Crippen molar-refractivity contribution in [2.75, 3.05) is 28.4 Å². The van der Waals surface area contributed by atoms with Crippen LogP contribution >= 0.6 is 0 Å². The second-order valence-corrected chi connectivity index (χ2v) is 6.38. The summed E-state index contributed by atoms with van der Waals surface area (Å²) in [6.45, 7) is 0. The first kappa shape index (κ1) is 20.9. The molecule has 0 unspecified atom stereocenters. The number of carbonyl (C=O) groups is 2. The Hall–Kier alpha value is -3.80. The molecular formula is C24H22O6. The number of carbonyl (C=O) groups excluding carboxylic acids is 2. The smallest absolute Gasteiger partial charge is 0.338 e. The fraction of sp³-hybridized carbons (Fsp3) is 0.167. The van der Waals surface area contributed by atoms with Gasteiger partial charge in [-0.15, -0.1) is 0 Å². The lowest BCUT2D eigenvalue weighted by atomic mass is 9.90. The van der Waals surface area contributed by atoms with Gasteiger partial charge in [0.05, 0.1) is 39.6 Å². The summed E-state index contributed by atoms with van der Waals surface area (Å²) in [6.07, 6.45) is 0. The summed E-state index contributed by atoms with van der Waals surface area (Å²) < 4.78 is 20.3. The molecule has 0 fully saturated rings. The molecule has 0 saturated carbocycles. The van der Waals surface area contributed by atoms with Crippen molar-refractivity contribution in [2.24, 2.45) is 0 Å². The number of esters is 2. The average Bonchev–Trinajstić information content (AvgIpc) is 2.82.